The van der Waals surface area contributed by atoms with Gasteiger partial charge in [0, 0.05) is 30.3 Å². The molecule has 0 bridgehead atoms. The molecule has 6 heteroatoms. The number of nitrogens with zero attached hydrogens (tertiary/aromatic N) is 5. The second kappa shape index (κ2) is 5.90. The first-order chi connectivity index (χ1) is 11.8. The van der Waals surface area contributed by atoms with Crippen molar-refractivity contribution >= 4 is 11.0 Å². The van der Waals surface area contributed by atoms with Gasteiger partial charge in [-0.2, -0.15) is 0 Å². The quantitative estimate of drug-likeness (QED) is 0.628. The Morgan fingerprint density at radius 3 is 2.88 bits per heavy atom. The topological polar surface area (TPSA) is 68.8 Å². The number of imidazole rings is 2. The fraction of sp³-hybridized carbons (Fsp3) is 0.167. The average molecular weight is 319 g/mol. The SMILES string of the molecule is Cc1cccc(-c2nccn2-c2ccc3c(c2)ncn3CCO)n1. The predicted molar refractivity (Wildman–Crippen MR) is 91.9 cm³/mol. The van der Waals surface area contributed by atoms with E-state index in [9.17, 15) is 0 Å². The van der Waals surface area contributed by atoms with Gasteiger partial charge in [-0.05, 0) is 37.3 Å². The summed E-state index contributed by atoms with van der Waals surface area (Å²) in [5, 5.41) is 9.12. The molecule has 120 valence electrons. The third kappa shape index (κ3) is 2.47. The Kier molecular flexibility index (Phi) is 3.59. The maximum atomic E-state index is 9.12. The van der Waals surface area contributed by atoms with Crippen molar-refractivity contribution in [3.05, 3.63) is 60.8 Å². The first-order valence-electron chi connectivity index (χ1n) is 7.80. The Morgan fingerprint density at radius 2 is 2.04 bits per heavy atom. The van der Waals surface area contributed by atoms with Crippen LogP contribution in [0.2, 0.25) is 0 Å². The van der Waals surface area contributed by atoms with E-state index in [1.165, 1.54) is 0 Å². The number of benzene rings is 1. The molecule has 4 aromatic rings. The molecule has 3 heterocycles. The molecule has 0 saturated carbocycles. The average Bonchev–Trinajstić information content (AvgIpc) is 3.22. The summed E-state index contributed by atoms with van der Waals surface area (Å²) in [5.74, 6) is 0.799. The number of fused-ring (bicyclic) bond motifs is 1. The van der Waals surface area contributed by atoms with E-state index in [-0.39, 0.29) is 6.61 Å². The lowest BCUT2D eigenvalue weighted by Gasteiger charge is -2.08. The van der Waals surface area contributed by atoms with E-state index in [0.29, 0.717) is 6.54 Å². The molecule has 1 aromatic carbocycles. The minimum absolute atomic E-state index is 0.0951. The van der Waals surface area contributed by atoms with Crippen molar-refractivity contribution in [2.45, 2.75) is 13.5 Å². The number of aromatic nitrogens is 5. The number of hydrogen-bond donors (Lipinski definition) is 1. The smallest absolute Gasteiger partial charge is 0.163 e. The monoisotopic (exact) mass is 319 g/mol. The molecule has 0 aliphatic heterocycles. The predicted octanol–water partition coefficient (Wildman–Crippen LogP) is 2.58. The zero-order valence-corrected chi connectivity index (χ0v) is 13.3. The molecule has 6 nitrogen and oxygen atoms in total. The highest BCUT2D eigenvalue weighted by Crippen LogP contribution is 2.23. The Morgan fingerprint density at radius 1 is 1.12 bits per heavy atom. The zero-order chi connectivity index (χ0) is 16.5. The Bertz CT molecular complexity index is 1000. The van der Waals surface area contributed by atoms with Crippen molar-refractivity contribution in [1.29, 1.82) is 0 Å². The number of aliphatic hydroxyl groups is 1. The molecule has 0 aliphatic carbocycles. The summed E-state index contributed by atoms with van der Waals surface area (Å²) >= 11 is 0. The number of pyridine rings is 1. The highest BCUT2D eigenvalue weighted by Gasteiger charge is 2.11. The standard InChI is InChI=1S/C18H17N5O/c1-13-3-2-4-15(21-13)18-19-7-8-23(18)14-5-6-17-16(11-14)20-12-22(17)9-10-24/h2-8,11-12,24H,9-10H2,1H3. The molecular weight excluding hydrogens is 302 g/mol. The van der Waals surface area contributed by atoms with Crippen molar-refractivity contribution in [2.75, 3.05) is 6.61 Å². The van der Waals surface area contributed by atoms with E-state index < -0.39 is 0 Å². The zero-order valence-electron chi connectivity index (χ0n) is 13.3. The van der Waals surface area contributed by atoms with Crippen LogP contribution in [0.15, 0.2) is 55.1 Å². The highest BCUT2D eigenvalue weighted by atomic mass is 16.3. The first kappa shape index (κ1) is 14.6. The second-order valence-electron chi connectivity index (χ2n) is 5.62. The lowest BCUT2D eigenvalue weighted by molar-refractivity contribution is 0.278. The minimum Gasteiger partial charge on any atom is -0.395 e. The fourth-order valence-corrected chi connectivity index (χ4v) is 2.86. The summed E-state index contributed by atoms with van der Waals surface area (Å²) in [5.41, 5.74) is 4.67. The second-order valence-corrected chi connectivity index (χ2v) is 5.62. The van der Waals surface area contributed by atoms with E-state index >= 15 is 0 Å². The molecular formula is C18H17N5O. The van der Waals surface area contributed by atoms with Crippen LogP contribution in [0.3, 0.4) is 0 Å². The van der Waals surface area contributed by atoms with Gasteiger partial charge in [-0.25, -0.2) is 15.0 Å². The molecule has 0 spiro atoms. The van der Waals surface area contributed by atoms with Crippen molar-refractivity contribution in [3.63, 3.8) is 0 Å². The summed E-state index contributed by atoms with van der Waals surface area (Å²) in [6, 6.07) is 12.0. The largest absolute Gasteiger partial charge is 0.395 e. The maximum absolute atomic E-state index is 9.12. The third-order valence-electron chi connectivity index (χ3n) is 3.98. The summed E-state index contributed by atoms with van der Waals surface area (Å²) < 4.78 is 3.95. The molecule has 0 saturated heterocycles. The van der Waals surface area contributed by atoms with Crippen molar-refractivity contribution < 1.29 is 5.11 Å². The van der Waals surface area contributed by atoms with Crippen LogP contribution < -0.4 is 0 Å². The fourth-order valence-electron chi connectivity index (χ4n) is 2.86. The Hall–Kier alpha value is -2.99. The van der Waals surface area contributed by atoms with Gasteiger partial charge in [0.05, 0.1) is 24.0 Å². The maximum Gasteiger partial charge on any atom is 0.163 e. The van der Waals surface area contributed by atoms with Crippen LogP contribution >= 0.6 is 0 Å². The normalized spacial score (nSPS) is 11.2. The molecule has 0 radical (unpaired) electrons. The van der Waals surface area contributed by atoms with Gasteiger partial charge in [-0.3, -0.25) is 4.57 Å². The molecule has 0 unspecified atom stereocenters. The van der Waals surface area contributed by atoms with Crippen LogP contribution in [0, 0.1) is 6.92 Å². The highest BCUT2D eigenvalue weighted by molar-refractivity contribution is 5.78. The number of hydrogen-bond acceptors (Lipinski definition) is 4. The van der Waals surface area contributed by atoms with Gasteiger partial charge in [-0.15, -0.1) is 0 Å². The summed E-state index contributed by atoms with van der Waals surface area (Å²) in [7, 11) is 0. The van der Waals surface area contributed by atoms with Gasteiger partial charge in [0.15, 0.2) is 5.82 Å². The molecule has 0 aliphatic rings. The minimum atomic E-state index is 0.0951. The molecule has 3 aromatic heterocycles. The molecule has 0 amide bonds. The third-order valence-corrected chi connectivity index (χ3v) is 3.98. The van der Waals surface area contributed by atoms with Gasteiger partial charge in [0.2, 0.25) is 0 Å². The van der Waals surface area contributed by atoms with Crippen molar-refractivity contribution in [3.8, 4) is 17.2 Å². The Labute approximate surface area is 139 Å². The summed E-state index contributed by atoms with van der Waals surface area (Å²) in [6.45, 7) is 2.61. The summed E-state index contributed by atoms with van der Waals surface area (Å²) in [4.78, 5) is 13.4. The lowest BCUT2D eigenvalue weighted by atomic mass is 10.2. The van der Waals surface area contributed by atoms with Crippen LogP contribution in [-0.4, -0.2) is 35.8 Å². The molecule has 24 heavy (non-hydrogen) atoms. The van der Waals surface area contributed by atoms with Crippen LogP contribution in [-0.2, 0) is 6.54 Å². The molecule has 0 atom stereocenters. The van der Waals surface area contributed by atoms with E-state index in [1.807, 2.05) is 58.7 Å². The van der Waals surface area contributed by atoms with Gasteiger partial charge < -0.3 is 9.67 Å². The van der Waals surface area contributed by atoms with Crippen LogP contribution in [0.25, 0.3) is 28.2 Å². The number of aryl methyl sites for hydroxylation is 1. The van der Waals surface area contributed by atoms with Crippen LogP contribution in [0.5, 0.6) is 0 Å². The van der Waals surface area contributed by atoms with Gasteiger partial charge in [0.1, 0.15) is 5.69 Å². The van der Waals surface area contributed by atoms with E-state index in [0.717, 1.165) is 33.9 Å². The first-order valence-corrected chi connectivity index (χ1v) is 7.80. The van der Waals surface area contributed by atoms with Crippen molar-refractivity contribution in [1.82, 2.24) is 24.1 Å². The molecule has 1 N–H and O–H groups in total. The Balaban J connectivity index is 1.80. The van der Waals surface area contributed by atoms with E-state index in [1.54, 1.807) is 12.5 Å². The van der Waals surface area contributed by atoms with E-state index in [4.69, 9.17) is 5.11 Å². The number of aliphatic hydroxyl groups excluding tert-OH is 1. The molecule has 0 fully saturated rings. The number of rotatable bonds is 4. The summed E-state index contributed by atoms with van der Waals surface area (Å²) in [6.07, 6.45) is 5.45. The lowest BCUT2D eigenvalue weighted by Crippen LogP contribution is -2.01. The van der Waals surface area contributed by atoms with Crippen molar-refractivity contribution in [2.24, 2.45) is 0 Å². The van der Waals surface area contributed by atoms with Gasteiger partial charge in [-0.1, -0.05) is 6.07 Å². The van der Waals surface area contributed by atoms with Crippen LogP contribution in [0.1, 0.15) is 5.69 Å². The van der Waals surface area contributed by atoms with E-state index in [2.05, 4.69) is 15.0 Å². The molecule has 4 rings (SSSR count). The van der Waals surface area contributed by atoms with Gasteiger partial charge in [0.25, 0.3) is 0 Å². The van der Waals surface area contributed by atoms with Gasteiger partial charge >= 0.3 is 0 Å². The van der Waals surface area contributed by atoms with Crippen LogP contribution in [0.4, 0.5) is 0 Å².